The van der Waals surface area contributed by atoms with Gasteiger partial charge in [-0.2, -0.15) is 0 Å². The standard InChI is InChI=1S/C48H60Si/c1-11-33(7)35-19-23-37(24-20-35)41-15-13-17-43-45(41)29-39(27-31(3)4)47(43)49(9,10)48-40(28-32(5)6)30-46-42(16-14-18-44(46)48)38-25-21-36(22-26-38)34(8)12-2/h13-26,29-34,47-48H,11-12,27-28H2,1-10H3. The molecule has 0 N–H and O–H groups in total. The molecular formula is C48H60Si. The average Bonchev–Trinajstić information content (AvgIpc) is 3.65. The molecule has 256 valence electrons. The lowest BCUT2D eigenvalue weighted by Crippen LogP contribution is -2.43. The third-order valence-corrected chi connectivity index (χ3v) is 16.2. The maximum absolute atomic E-state index is 2.72. The average molecular weight is 665 g/mol. The Bertz CT molecular complexity index is 1690. The summed E-state index contributed by atoms with van der Waals surface area (Å²) in [5.74, 6) is 2.43. The van der Waals surface area contributed by atoms with E-state index in [0.717, 1.165) is 12.8 Å². The zero-order chi connectivity index (χ0) is 35.0. The van der Waals surface area contributed by atoms with Crippen LogP contribution in [-0.4, -0.2) is 8.07 Å². The van der Waals surface area contributed by atoms with Crippen molar-refractivity contribution in [3.63, 3.8) is 0 Å². The summed E-state index contributed by atoms with van der Waals surface area (Å²) >= 11 is 0. The van der Waals surface area contributed by atoms with Crippen LogP contribution in [0.5, 0.6) is 0 Å². The van der Waals surface area contributed by atoms with E-state index in [1.54, 1.807) is 22.3 Å². The van der Waals surface area contributed by atoms with Gasteiger partial charge in [0.1, 0.15) is 0 Å². The molecule has 0 nitrogen and oxygen atoms in total. The molecule has 0 aromatic heterocycles. The van der Waals surface area contributed by atoms with Crippen molar-refractivity contribution in [3.05, 3.63) is 129 Å². The van der Waals surface area contributed by atoms with Gasteiger partial charge in [-0.05, 0) is 105 Å². The Balaban J connectivity index is 1.46. The molecule has 2 aliphatic rings. The minimum absolute atomic E-state index is 0.495. The molecule has 0 saturated heterocycles. The van der Waals surface area contributed by atoms with Gasteiger partial charge in [-0.1, -0.05) is 177 Å². The summed E-state index contributed by atoms with van der Waals surface area (Å²) in [6.45, 7) is 24.3. The molecule has 6 rings (SSSR count). The predicted molar refractivity (Wildman–Crippen MR) is 219 cm³/mol. The zero-order valence-corrected chi connectivity index (χ0v) is 33.0. The quantitative estimate of drug-likeness (QED) is 0.132. The summed E-state index contributed by atoms with van der Waals surface area (Å²) < 4.78 is 0. The topological polar surface area (TPSA) is 0 Å². The van der Waals surface area contributed by atoms with Crippen LogP contribution in [0.15, 0.2) is 96.1 Å². The van der Waals surface area contributed by atoms with E-state index in [0.29, 0.717) is 34.8 Å². The van der Waals surface area contributed by atoms with Crippen molar-refractivity contribution >= 4 is 20.2 Å². The van der Waals surface area contributed by atoms with Gasteiger partial charge in [-0.15, -0.1) is 0 Å². The molecule has 4 aromatic rings. The van der Waals surface area contributed by atoms with Crippen molar-refractivity contribution in [2.45, 2.75) is 117 Å². The lowest BCUT2D eigenvalue weighted by Gasteiger charge is -2.41. The van der Waals surface area contributed by atoms with E-state index >= 15 is 0 Å². The monoisotopic (exact) mass is 664 g/mol. The van der Waals surface area contributed by atoms with Crippen molar-refractivity contribution in [1.29, 1.82) is 0 Å². The first-order valence-corrected chi connectivity index (χ1v) is 22.5. The van der Waals surface area contributed by atoms with Crippen molar-refractivity contribution in [3.8, 4) is 22.3 Å². The lowest BCUT2D eigenvalue weighted by molar-refractivity contribution is 0.623. The highest BCUT2D eigenvalue weighted by Gasteiger charge is 2.48. The lowest BCUT2D eigenvalue weighted by atomic mass is 9.93. The van der Waals surface area contributed by atoms with E-state index in [1.165, 1.54) is 57.3 Å². The molecule has 0 aliphatic heterocycles. The van der Waals surface area contributed by atoms with Gasteiger partial charge in [0.25, 0.3) is 0 Å². The van der Waals surface area contributed by atoms with Crippen LogP contribution < -0.4 is 0 Å². The normalized spacial score (nSPS) is 18.4. The van der Waals surface area contributed by atoms with E-state index in [2.05, 4.69) is 166 Å². The molecule has 0 radical (unpaired) electrons. The second kappa shape index (κ2) is 14.4. The minimum Gasteiger partial charge on any atom is -0.0679 e. The zero-order valence-electron chi connectivity index (χ0n) is 32.0. The van der Waals surface area contributed by atoms with Crippen LogP contribution in [0.2, 0.25) is 13.1 Å². The number of hydrogen-bond acceptors (Lipinski definition) is 0. The van der Waals surface area contributed by atoms with Gasteiger partial charge >= 0.3 is 0 Å². The van der Waals surface area contributed by atoms with Gasteiger partial charge in [-0.3, -0.25) is 0 Å². The molecule has 0 spiro atoms. The van der Waals surface area contributed by atoms with Gasteiger partial charge in [-0.25, -0.2) is 0 Å². The fourth-order valence-electron chi connectivity index (χ4n) is 9.11. The Morgan fingerprint density at radius 3 is 1.20 bits per heavy atom. The smallest absolute Gasteiger partial charge is 0.0679 e. The molecule has 0 heterocycles. The van der Waals surface area contributed by atoms with Crippen molar-refractivity contribution in [2.24, 2.45) is 11.8 Å². The summed E-state index contributed by atoms with van der Waals surface area (Å²) in [5.41, 5.74) is 18.8. The van der Waals surface area contributed by atoms with E-state index < -0.39 is 8.07 Å². The highest BCUT2D eigenvalue weighted by Crippen LogP contribution is 2.56. The van der Waals surface area contributed by atoms with E-state index in [4.69, 9.17) is 0 Å². The minimum atomic E-state index is -2.04. The SMILES string of the molecule is CCC(C)c1ccc(-c2cccc3c2C=C(CC(C)C)C3[Si](C)(C)C2C(CC(C)C)=Cc3c(-c4ccc(C(C)CC)cc4)cccc32)cc1. The van der Waals surface area contributed by atoms with Gasteiger partial charge in [0.05, 0.1) is 8.07 Å². The van der Waals surface area contributed by atoms with E-state index in [1.807, 2.05) is 0 Å². The third kappa shape index (κ3) is 6.85. The molecule has 0 fully saturated rings. The Morgan fingerprint density at radius 2 is 0.878 bits per heavy atom. The number of allylic oxidation sites excluding steroid dienone is 2. The molecule has 1 heteroatoms. The molecule has 0 bridgehead atoms. The fourth-order valence-corrected chi connectivity index (χ4v) is 13.9. The van der Waals surface area contributed by atoms with Crippen LogP contribution in [0.1, 0.15) is 137 Å². The summed E-state index contributed by atoms with van der Waals surface area (Å²) in [5, 5.41) is 0. The first-order valence-electron chi connectivity index (χ1n) is 19.3. The first kappa shape index (κ1) is 35.4. The van der Waals surface area contributed by atoms with Crippen molar-refractivity contribution in [1.82, 2.24) is 0 Å². The molecule has 2 aliphatic carbocycles. The van der Waals surface area contributed by atoms with Crippen LogP contribution in [0.3, 0.4) is 0 Å². The Labute approximate surface area is 299 Å². The first-order chi connectivity index (χ1) is 23.4. The highest BCUT2D eigenvalue weighted by molar-refractivity contribution is 6.81. The number of rotatable bonds is 12. The third-order valence-electron chi connectivity index (χ3n) is 11.9. The van der Waals surface area contributed by atoms with Crippen LogP contribution in [-0.2, 0) is 0 Å². The molecule has 4 unspecified atom stereocenters. The second-order valence-corrected chi connectivity index (χ2v) is 21.6. The van der Waals surface area contributed by atoms with Crippen LogP contribution in [0.4, 0.5) is 0 Å². The van der Waals surface area contributed by atoms with Gasteiger partial charge in [0, 0.05) is 11.1 Å². The summed E-state index contributed by atoms with van der Waals surface area (Å²) in [6.07, 6.45) is 9.92. The van der Waals surface area contributed by atoms with Gasteiger partial charge in [0.2, 0.25) is 0 Å². The maximum atomic E-state index is 2.72. The molecule has 0 amide bonds. The molecular weight excluding hydrogens is 605 g/mol. The Hall–Kier alpha value is -3.42. The Kier molecular flexibility index (Phi) is 10.4. The molecule has 4 aromatic carbocycles. The van der Waals surface area contributed by atoms with Crippen LogP contribution in [0.25, 0.3) is 34.4 Å². The highest BCUT2D eigenvalue weighted by atomic mass is 28.3. The summed E-state index contributed by atoms with van der Waals surface area (Å²) in [4.78, 5) is 0. The Morgan fingerprint density at radius 1 is 0.510 bits per heavy atom. The molecule has 49 heavy (non-hydrogen) atoms. The fraction of sp³-hybridized carbons (Fsp3) is 0.417. The number of benzene rings is 4. The molecule has 4 atom stereocenters. The van der Waals surface area contributed by atoms with Crippen LogP contribution in [0, 0.1) is 11.8 Å². The molecule has 0 saturated carbocycles. The van der Waals surface area contributed by atoms with E-state index in [9.17, 15) is 0 Å². The predicted octanol–water partition coefficient (Wildman–Crippen LogP) is 14.6. The number of hydrogen-bond donors (Lipinski definition) is 0. The summed E-state index contributed by atoms with van der Waals surface area (Å²) in [6, 6.07) is 33.3. The largest absolute Gasteiger partial charge is 0.0722 e. The number of fused-ring (bicyclic) bond motifs is 2. The van der Waals surface area contributed by atoms with Crippen molar-refractivity contribution in [2.75, 3.05) is 0 Å². The van der Waals surface area contributed by atoms with E-state index in [-0.39, 0.29) is 0 Å². The van der Waals surface area contributed by atoms with Gasteiger partial charge < -0.3 is 0 Å². The van der Waals surface area contributed by atoms with Gasteiger partial charge in [0.15, 0.2) is 0 Å². The second-order valence-electron chi connectivity index (χ2n) is 16.8. The van der Waals surface area contributed by atoms with Crippen LogP contribution >= 0.6 is 0 Å². The summed E-state index contributed by atoms with van der Waals surface area (Å²) in [7, 11) is -2.04. The maximum Gasteiger partial charge on any atom is 0.0722 e. The van der Waals surface area contributed by atoms with Crippen molar-refractivity contribution < 1.29 is 0 Å².